The van der Waals surface area contributed by atoms with Crippen molar-refractivity contribution in [3.05, 3.63) is 88.7 Å². The van der Waals surface area contributed by atoms with Crippen LogP contribution in [0.3, 0.4) is 0 Å². The van der Waals surface area contributed by atoms with Crippen molar-refractivity contribution in [3.63, 3.8) is 0 Å². The molecule has 0 radical (unpaired) electrons. The molecule has 1 aliphatic heterocycles. The van der Waals surface area contributed by atoms with Crippen molar-refractivity contribution in [1.82, 2.24) is 14.3 Å². The van der Waals surface area contributed by atoms with Crippen LogP contribution in [0, 0.1) is 18.6 Å². The fourth-order valence-electron chi connectivity index (χ4n) is 4.75. The van der Waals surface area contributed by atoms with E-state index in [0.717, 1.165) is 52.7 Å². The number of methoxy groups -OCH3 is 2. The lowest BCUT2D eigenvalue weighted by Gasteiger charge is -2.31. The predicted octanol–water partition coefficient (Wildman–Crippen LogP) is 5.36. The summed E-state index contributed by atoms with van der Waals surface area (Å²) in [5.41, 5.74) is 2.71. The van der Waals surface area contributed by atoms with Crippen LogP contribution in [0.1, 0.15) is 28.7 Å². The summed E-state index contributed by atoms with van der Waals surface area (Å²) in [7, 11) is -1.85. The zero-order valence-electron chi connectivity index (χ0n) is 23.4. The average Bonchev–Trinajstić information content (AvgIpc) is 3.49. The summed E-state index contributed by atoms with van der Waals surface area (Å²) in [6.45, 7) is 4.33. The third-order valence-corrected chi connectivity index (χ3v) is 9.85. The lowest BCUT2D eigenvalue weighted by Crippen LogP contribution is -2.36. The van der Waals surface area contributed by atoms with Crippen LogP contribution in [-0.4, -0.2) is 50.0 Å². The van der Waals surface area contributed by atoms with E-state index >= 15 is 8.78 Å². The van der Waals surface area contributed by atoms with E-state index in [-0.39, 0.29) is 22.9 Å². The van der Waals surface area contributed by atoms with Gasteiger partial charge in [0.05, 0.1) is 20.8 Å². The number of benzene rings is 3. The Hall–Kier alpha value is -3.81. The number of likely N-dealkylation sites (tertiary alicyclic amines) is 1. The van der Waals surface area contributed by atoms with Gasteiger partial charge >= 0.3 is 0 Å². The quantitative estimate of drug-likeness (QED) is 0.228. The van der Waals surface area contributed by atoms with Gasteiger partial charge in [0.15, 0.2) is 10.7 Å². The number of aromatic nitrogens is 2. The number of hydrogen-bond donors (Lipinski definition) is 1. The van der Waals surface area contributed by atoms with Crippen molar-refractivity contribution in [1.29, 1.82) is 0 Å². The number of nitrogens with zero attached hydrogens (tertiary/aromatic N) is 4. The van der Waals surface area contributed by atoms with Crippen LogP contribution < -0.4 is 19.1 Å². The summed E-state index contributed by atoms with van der Waals surface area (Å²) in [5, 5.41) is 3.06. The molecule has 13 heteroatoms. The molecule has 1 aromatic heterocycles. The Labute approximate surface area is 247 Å². The Morgan fingerprint density at radius 2 is 1.81 bits per heavy atom. The fraction of sp³-hybridized carbons (Fsp3) is 0.310. The molecule has 9 nitrogen and oxygen atoms in total. The second-order valence-corrected chi connectivity index (χ2v) is 12.4. The lowest BCUT2D eigenvalue weighted by molar-refractivity contribution is 0.172. The van der Waals surface area contributed by atoms with Crippen LogP contribution in [0.4, 0.5) is 19.6 Å². The molecule has 5 rings (SSSR count). The molecule has 42 heavy (non-hydrogen) atoms. The van der Waals surface area contributed by atoms with Gasteiger partial charge in [-0.15, -0.1) is 0 Å². The topological polar surface area (TPSA) is 96.9 Å². The van der Waals surface area contributed by atoms with Crippen molar-refractivity contribution in [2.45, 2.75) is 37.9 Å². The molecule has 0 unspecified atom stereocenters. The van der Waals surface area contributed by atoms with Gasteiger partial charge in [-0.3, -0.25) is 4.90 Å². The molecule has 0 saturated carbocycles. The Kier molecular flexibility index (Phi) is 8.90. The summed E-state index contributed by atoms with van der Waals surface area (Å²) >= 11 is 0.788. The Balaban J connectivity index is 1.46. The van der Waals surface area contributed by atoms with Crippen LogP contribution in [0.5, 0.6) is 11.5 Å². The molecule has 2 heterocycles. The lowest BCUT2D eigenvalue weighted by atomic mass is 10.0. The molecule has 3 aromatic carbocycles. The van der Waals surface area contributed by atoms with Crippen LogP contribution >= 0.6 is 11.5 Å². The van der Waals surface area contributed by atoms with E-state index in [4.69, 9.17) is 9.47 Å². The van der Waals surface area contributed by atoms with Gasteiger partial charge in [-0.2, -0.15) is 4.37 Å². The van der Waals surface area contributed by atoms with Gasteiger partial charge in [-0.05, 0) is 55.8 Å². The number of sulfonamides is 1. The first kappa shape index (κ1) is 29.7. The SMILES string of the molecule is COc1ccc(CN(c2ncns2)S(=O)(=O)c2c(F)cc(NCc3ccccc3CN3CCC3)c(C)c2F)c(OC)c1. The maximum absolute atomic E-state index is 15.9. The summed E-state index contributed by atoms with van der Waals surface area (Å²) < 4.78 is 74.7. The molecule has 222 valence electrons. The van der Waals surface area contributed by atoms with Crippen molar-refractivity contribution >= 4 is 32.4 Å². The highest BCUT2D eigenvalue weighted by Gasteiger charge is 2.35. The first-order valence-electron chi connectivity index (χ1n) is 13.2. The molecule has 0 amide bonds. The van der Waals surface area contributed by atoms with Crippen molar-refractivity contribution in [2.75, 3.05) is 36.9 Å². The predicted molar refractivity (Wildman–Crippen MR) is 158 cm³/mol. The highest BCUT2D eigenvalue weighted by atomic mass is 32.2. The standard InChI is InChI=1S/C29H31F2N5O4S2/c1-19-25(32-15-20-7-4-5-8-21(20)16-35-11-6-12-35)14-24(30)28(27(19)31)42(37,38)36(29-33-18-34-41-29)17-22-9-10-23(39-2)13-26(22)40-3/h4-5,7-10,13-14,18,32H,6,11-12,15-17H2,1-3H3. The van der Waals surface area contributed by atoms with E-state index in [1.807, 2.05) is 24.3 Å². The first-order chi connectivity index (χ1) is 20.2. The third kappa shape index (κ3) is 6.03. The van der Waals surface area contributed by atoms with Gasteiger partial charge in [-0.1, -0.05) is 24.3 Å². The number of rotatable bonds is 12. The van der Waals surface area contributed by atoms with Crippen molar-refractivity contribution in [2.24, 2.45) is 0 Å². The molecule has 1 saturated heterocycles. The van der Waals surface area contributed by atoms with Crippen LogP contribution in [0.15, 0.2) is 59.8 Å². The molecule has 0 bridgehead atoms. The van der Waals surface area contributed by atoms with E-state index in [9.17, 15) is 8.42 Å². The van der Waals surface area contributed by atoms with Crippen LogP contribution in [-0.2, 0) is 29.7 Å². The zero-order valence-corrected chi connectivity index (χ0v) is 25.1. The zero-order chi connectivity index (χ0) is 29.9. The van der Waals surface area contributed by atoms with Gasteiger partial charge in [0.25, 0.3) is 10.0 Å². The second kappa shape index (κ2) is 12.6. The number of halogens is 2. The van der Waals surface area contributed by atoms with E-state index in [1.54, 1.807) is 18.2 Å². The number of ether oxygens (including phenoxy) is 2. The Bertz CT molecular complexity index is 1660. The maximum Gasteiger partial charge on any atom is 0.272 e. The minimum absolute atomic E-state index is 0.0190. The minimum atomic E-state index is -4.78. The number of anilines is 2. The van der Waals surface area contributed by atoms with Gasteiger partial charge in [0.2, 0.25) is 5.13 Å². The number of hydrogen-bond acceptors (Lipinski definition) is 9. The van der Waals surface area contributed by atoms with E-state index in [2.05, 4.69) is 19.6 Å². The largest absolute Gasteiger partial charge is 0.497 e. The smallest absolute Gasteiger partial charge is 0.272 e. The van der Waals surface area contributed by atoms with Crippen molar-refractivity contribution < 1.29 is 26.7 Å². The second-order valence-electron chi connectivity index (χ2n) is 9.84. The average molecular weight is 616 g/mol. The van der Waals surface area contributed by atoms with E-state index in [0.29, 0.717) is 23.6 Å². The Morgan fingerprint density at radius 1 is 1.05 bits per heavy atom. The summed E-state index contributed by atoms with van der Waals surface area (Å²) in [4.78, 5) is 5.29. The van der Waals surface area contributed by atoms with Crippen LogP contribution in [0.2, 0.25) is 0 Å². The summed E-state index contributed by atoms with van der Waals surface area (Å²) in [6, 6.07) is 13.8. The van der Waals surface area contributed by atoms with Gasteiger partial charge in [-0.25, -0.2) is 26.5 Å². The fourth-order valence-corrected chi connectivity index (χ4v) is 7.05. The Morgan fingerprint density at radius 3 is 2.45 bits per heavy atom. The molecule has 0 atom stereocenters. The number of nitrogens with one attached hydrogen (secondary N) is 1. The maximum atomic E-state index is 15.9. The molecule has 0 aliphatic carbocycles. The molecule has 1 N–H and O–H groups in total. The highest BCUT2D eigenvalue weighted by Crippen LogP contribution is 2.35. The van der Waals surface area contributed by atoms with Gasteiger partial charge in [0.1, 0.15) is 23.6 Å². The molecule has 1 aliphatic rings. The summed E-state index contributed by atoms with van der Waals surface area (Å²) in [5.74, 6) is -1.56. The van der Waals surface area contributed by atoms with E-state index < -0.39 is 26.6 Å². The normalized spacial score (nSPS) is 13.5. The highest BCUT2D eigenvalue weighted by molar-refractivity contribution is 7.93. The monoisotopic (exact) mass is 615 g/mol. The minimum Gasteiger partial charge on any atom is -0.497 e. The molecular weight excluding hydrogens is 584 g/mol. The first-order valence-corrected chi connectivity index (χ1v) is 15.5. The van der Waals surface area contributed by atoms with Gasteiger partial charge in [0, 0.05) is 47.5 Å². The molecule has 4 aromatic rings. The molecular formula is C29H31F2N5O4S2. The third-order valence-electron chi connectivity index (χ3n) is 7.27. The van der Waals surface area contributed by atoms with Crippen molar-refractivity contribution in [3.8, 4) is 11.5 Å². The molecule has 0 spiro atoms. The van der Waals surface area contributed by atoms with Gasteiger partial charge < -0.3 is 14.8 Å². The van der Waals surface area contributed by atoms with Crippen LogP contribution in [0.25, 0.3) is 0 Å². The molecule has 1 fully saturated rings. The van der Waals surface area contributed by atoms with E-state index in [1.165, 1.54) is 33.9 Å². The summed E-state index contributed by atoms with van der Waals surface area (Å²) in [6.07, 6.45) is 2.36.